The second-order valence-electron chi connectivity index (χ2n) is 5.83. The van der Waals surface area contributed by atoms with Crippen LogP contribution < -0.4 is 9.62 Å². The maximum atomic E-state index is 12.7. The Morgan fingerprint density at radius 2 is 1.73 bits per heavy atom. The van der Waals surface area contributed by atoms with E-state index in [1.165, 1.54) is 0 Å². The highest BCUT2D eigenvalue weighted by Crippen LogP contribution is 2.30. The summed E-state index contributed by atoms with van der Waals surface area (Å²) in [5, 5.41) is 1.70. The third-order valence-corrected chi connectivity index (χ3v) is 5.36. The van der Waals surface area contributed by atoms with Gasteiger partial charge in [0.15, 0.2) is 0 Å². The van der Waals surface area contributed by atoms with Gasteiger partial charge in [0.25, 0.3) is 0 Å². The minimum absolute atomic E-state index is 0.0673. The molecular formula is C17H24N2O2S. The minimum atomic E-state index is -3.52. The zero-order chi connectivity index (χ0) is 16.3. The normalized spacial score (nSPS) is 13.3. The predicted octanol–water partition coefficient (Wildman–Crippen LogP) is 3.37. The molecule has 0 aliphatic rings. The molecule has 0 heterocycles. The molecule has 0 fully saturated rings. The third kappa shape index (κ3) is 3.42. The minimum Gasteiger partial charge on any atom is -0.377 e. The van der Waals surface area contributed by atoms with Crippen molar-refractivity contribution >= 4 is 26.5 Å². The molecule has 5 heteroatoms. The molecule has 2 rings (SSSR count). The highest BCUT2D eigenvalue weighted by molar-refractivity contribution is 7.89. The van der Waals surface area contributed by atoms with E-state index in [2.05, 4.69) is 4.72 Å². The number of anilines is 1. The molecule has 0 bridgehead atoms. The summed E-state index contributed by atoms with van der Waals surface area (Å²) in [7, 11) is 0.392. The first-order valence-electron chi connectivity index (χ1n) is 7.58. The van der Waals surface area contributed by atoms with Crippen LogP contribution in [-0.4, -0.2) is 28.6 Å². The summed E-state index contributed by atoms with van der Waals surface area (Å²) in [4.78, 5) is 2.34. The van der Waals surface area contributed by atoms with Gasteiger partial charge in [-0.1, -0.05) is 37.6 Å². The van der Waals surface area contributed by atoms with Crippen molar-refractivity contribution in [3.63, 3.8) is 0 Å². The molecule has 2 aromatic rings. The molecule has 0 spiro atoms. The predicted molar refractivity (Wildman–Crippen MR) is 93.0 cm³/mol. The van der Waals surface area contributed by atoms with Gasteiger partial charge in [0.2, 0.25) is 10.0 Å². The van der Waals surface area contributed by atoms with Crippen molar-refractivity contribution in [2.24, 2.45) is 0 Å². The number of fused-ring (bicyclic) bond motifs is 1. The van der Waals surface area contributed by atoms with E-state index in [1.54, 1.807) is 12.1 Å². The van der Waals surface area contributed by atoms with Crippen LogP contribution in [0.25, 0.3) is 10.8 Å². The van der Waals surface area contributed by atoms with Crippen LogP contribution in [0.4, 0.5) is 5.69 Å². The van der Waals surface area contributed by atoms with Crippen LogP contribution in [0, 0.1) is 0 Å². The standard InChI is InChI=1S/C17H24N2O2S/c1-5-8-13(2)18-22(20,21)17-12-7-9-14-15(17)10-6-11-16(14)19(3)4/h6-7,9-13,18H,5,8H2,1-4H3. The molecule has 0 aromatic heterocycles. The van der Waals surface area contributed by atoms with E-state index in [0.29, 0.717) is 4.90 Å². The SMILES string of the molecule is CCCC(C)NS(=O)(=O)c1cccc2c(N(C)C)cccc12. The Kier molecular flexibility index (Phi) is 5.08. The van der Waals surface area contributed by atoms with Crippen LogP contribution in [0.15, 0.2) is 41.3 Å². The monoisotopic (exact) mass is 320 g/mol. The average molecular weight is 320 g/mol. The zero-order valence-corrected chi connectivity index (χ0v) is 14.4. The van der Waals surface area contributed by atoms with Crippen LogP contribution >= 0.6 is 0 Å². The zero-order valence-electron chi connectivity index (χ0n) is 13.6. The van der Waals surface area contributed by atoms with Crippen LogP contribution in [0.3, 0.4) is 0 Å². The second-order valence-corrected chi connectivity index (χ2v) is 7.52. The van der Waals surface area contributed by atoms with Gasteiger partial charge in [0.1, 0.15) is 0 Å². The summed E-state index contributed by atoms with van der Waals surface area (Å²) in [5.74, 6) is 0. The molecule has 0 saturated carbocycles. The third-order valence-electron chi connectivity index (χ3n) is 3.71. The molecule has 2 aromatic carbocycles. The molecule has 0 radical (unpaired) electrons. The fraction of sp³-hybridized carbons (Fsp3) is 0.412. The van der Waals surface area contributed by atoms with Gasteiger partial charge < -0.3 is 4.90 Å². The average Bonchev–Trinajstić information content (AvgIpc) is 2.45. The molecule has 1 N–H and O–H groups in total. The van der Waals surface area contributed by atoms with Crippen molar-refractivity contribution in [2.75, 3.05) is 19.0 Å². The van der Waals surface area contributed by atoms with Gasteiger partial charge in [-0.05, 0) is 25.5 Å². The van der Waals surface area contributed by atoms with Gasteiger partial charge in [0.05, 0.1) is 4.90 Å². The Bertz CT molecular complexity index is 754. The van der Waals surface area contributed by atoms with Gasteiger partial charge in [0, 0.05) is 36.6 Å². The molecular weight excluding hydrogens is 296 g/mol. The number of nitrogens with zero attached hydrogens (tertiary/aromatic N) is 1. The molecule has 0 aliphatic heterocycles. The first-order valence-corrected chi connectivity index (χ1v) is 9.06. The lowest BCUT2D eigenvalue weighted by Gasteiger charge is -2.18. The van der Waals surface area contributed by atoms with Crippen molar-refractivity contribution in [2.45, 2.75) is 37.6 Å². The van der Waals surface area contributed by atoms with Crippen molar-refractivity contribution in [1.29, 1.82) is 0 Å². The van der Waals surface area contributed by atoms with E-state index in [-0.39, 0.29) is 6.04 Å². The maximum Gasteiger partial charge on any atom is 0.241 e. The van der Waals surface area contributed by atoms with Crippen LogP contribution in [0.2, 0.25) is 0 Å². The number of rotatable bonds is 6. The Labute approximate surface area is 133 Å². The van der Waals surface area contributed by atoms with Crippen molar-refractivity contribution in [3.8, 4) is 0 Å². The van der Waals surface area contributed by atoms with E-state index in [0.717, 1.165) is 29.3 Å². The van der Waals surface area contributed by atoms with Crippen LogP contribution in [0.5, 0.6) is 0 Å². The molecule has 22 heavy (non-hydrogen) atoms. The highest BCUT2D eigenvalue weighted by atomic mass is 32.2. The van der Waals surface area contributed by atoms with Gasteiger partial charge >= 0.3 is 0 Å². The van der Waals surface area contributed by atoms with E-state index in [9.17, 15) is 8.42 Å². The lowest BCUT2D eigenvalue weighted by atomic mass is 10.1. The highest BCUT2D eigenvalue weighted by Gasteiger charge is 2.20. The summed E-state index contributed by atoms with van der Waals surface area (Å²) in [6, 6.07) is 11.1. The topological polar surface area (TPSA) is 49.4 Å². The van der Waals surface area contributed by atoms with Crippen molar-refractivity contribution in [1.82, 2.24) is 4.72 Å². The van der Waals surface area contributed by atoms with Crippen molar-refractivity contribution < 1.29 is 8.42 Å². The summed E-state index contributed by atoms with van der Waals surface area (Å²) >= 11 is 0. The summed E-state index contributed by atoms with van der Waals surface area (Å²) in [5.41, 5.74) is 1.01. The number of benzene rings is 2. The summed E-state index contributed by atoms with van der Waals surface area (Å²) in [6.45, 7) is 3.95. The van der Waals surface area contributed by atoms with Gasteiger partial charge in [-0.25, -0.2) is 13.1 Å². The number of sulfonamides is 1. The first-order chi connectivity index (χ1) is 10.4. The van der Waals surface area contributed by atoms with Gasteiger partial charge in [-0.15, -0.1) is 0 Å². The molecule has 0 aliphatic carbocycles. The van der Waals surface area contributed by atoms with E-state index in [4.69, 9.17) is 0 Å². The number of nitrogens with one attached hydrogen (secondary N) is 1. The van der Waals surface area contributed by atoms with Gasteiger partial charge in [-0.3, -0.25) is 0 Å². The maximum absolute atomic E-state index is 12.7. The largest absolute Gasteiger partial charge is 0.377 e. The molecule has 4 nitrogen and oxygen atoms in total. The molecule has 120 valence electrons. The number of hydrogen-bond donors (Lipinski definition) is 1. The van der Waals surface area contributed by atoms with E-state index < -0.39 is 10.0 Å². The summed E-state index contributed by atoms with van der Waals surface area (Å²) in [6.07, 6.45) is 1.77. The fourth-order valence-corrected chi connectivity index (χ4v) is 4.21. The first kappa shape index (κ1) is 16.8. The Balaban J connectivity index is 2.54. The molecule has 0 saturated heterocycles. The van der Waals surface area contributed by atoms with E-state index >= 15 is 0 Å². The van der Waals surface area contributed by atoms with Crippen LogP contribution in [0.1, 0.15) is 26.7 Å². The van der Waals surface area contributed by atoms with Crippen LogP contribution in [-0.2, 0) is 10.0 Å². The van der Waals surface area contributed by atoms with Crippen molar-refractivity contribution in [3.05, 3.63) is 36.4 Å². The summed E-state index contributed by atoms with van der Waals surface area (Å²) < 4.78 is 28.1. The molecule has 1 unspecified atom stereocenters. The number of hydrogen-bond acceptors (Lipinski definition) is 3. The molecule has 1 atom stereocenters. The molecule has 0 amide bonds. The Morgan fingerprint density at radius 1 is 1.09 bits per heavy atom. The lowest BCUT2D eigenvalue weighted by molar-refractivity contribution is 0.544. The second kappa shape index (κ2) is 6.67. The Hall–Kier alpha value is -1.59. The smallest absolute Gasteiger partial charge is 0.241 e. The van der Waals surface area contributed by atoms with E-state index in [1.807, 2.05) is 57.1 Å². The quantitative estimate of drug-likeness (QED) is 0.888. The lowest BCUT2D eigenvalue weighted by Crippen LogP contribution is -2.32. The Morgan fingerprint density at radius 3 is 2.36 bits per heavy atom. The fourth-order valence-electron chi connectivity index (χ4n) is 2.71. The van der Waals surface area contributed by atoms with Gasteiger partial charge in [-0.2, -0.15) is 0 Å².